The van der Waals surface area contributed by atoms with Gasteiger partial charge in [-0.05, 0) is 31.8 Å². The fourth-order valence-corrected chi connectivity index (χ4v) is 2.31. The number of benzene rings is 2. The molecular formula is C18H21N3O3. The van der Waals surface area contributed by atoms with Gasteiger partial charge in [0, 0.05) is 18.3 Å². The van der Waals surface area contributed by atoms with Gasteiger partial charge >= 0.3 is 11.8 Å². The van der Waals surface area contributed by atoms with Gasteiger partial charge in [0.1, 0.15) is 5.75 Å². The molecule has 3 N–H and O–H groups in total. The van der Waals surface area contributed by atoms with E-state index in [4.69, 9.17) is 0 Å². The molecule has 0 aliphatic rings. The molecule has 24 heavy (non-hydrogen) atoms. The number of phenols is 1. The second-order valence-corrected chi connectivity index (χ2v) is 5.60. The number of nitrogens with zero attached hydrogens (tertiary/aromatic N) is 1. The van der Waals surface area contributed by atoms with Crippen LogP contribution in [0.2, 0.25) is 0 Å². The van der Waals surface area contributed by atoms with E-state index in [1.54, 1.807) is 12.1 Å². The molecule has 0 aliphatic heterocycles. The van der Waals surface area contributed by atoms with Crippen molar-refractivity contribution in [2.45, 2.75) is 6.04 Å². The Hall–Kier alpha value is -2.86. The number of carbonyl (C=O) groups is 2. The van der Waals surface area contributed by atoms with E-state index in [0.29, 0.717) is 12.2 Å². The number of hydrogen-bond acceptors (Lipinski definition) is 4. The number of amides is 2. The van der Waals surface area contributed by atoms with Gasteiger partial charge < -0.3 is 20.6 Å². The van der Waals surface area contributed by atoms with Crippen molar-refractivity contribution in [1.29, 1.82) is 0 Å². The molecular weight excluding hydrogens is 306 g/mol. The van der Waals surface area contributed by atoms with E-state index in [9.17, 15) is 14.7 Å². The van der Waals surface area contributed by atoms with Gasteiger partial charge in [-0.3, -0.25) is 9.59 Å². The van der Waals surface area contributed by atoms with Crippen LogP contribution in [0.15, 0.2) is 54.6 Å². The highest BCUT2D eigenvalue weighted by molar-refractivity contribution is 6.39. The van der Waals surface area contributed by atoms with Gasteiger partial charge in [0.2, 0.25) is 0 Å². The van der Waals surface area contributed by atoms with Crippen molar-refractivity contribution in [3.8, 4) is 5.75 Å². The number of likely N-dealkylation sites (N-methyl/N-ethyl adjacent to an activating group) is 1. The SMILES string of the molecule is CN(C)[C@H](CNC(=O)C(=O)Nc1cccc(O)c1)c1ccccc1. The zero-order valence-electron chi connectivity index (χ0n) is 13.7. The lowest BCUT2D eigenvalue weighted by atomic mass is 10.1. The van der Waals surface area contributed by atoms with E-state index in [1.165, 1.54) is 12.1 Å². The predicted molar refractivity (Wildman–Crippen MR) is 92.6 cm³/mol. The first-order valence-corrected chi connectivity index (χ1v) is 7.57. The summed E-state index contributed by atoms with van der Waals surface area (Å²) < 4.78 is 0. The maximum absolute atomic E-state index is 12.0. The average molecular weight is 327 g/mol. The van der Waals surface area contributed by atoms with E-state index in [-0.39, 0.29) is 11.8 Å². The third-order valence-electron chi connectivity index (χ3n) is 3.57. The molecule has 2 amide bonds. The van der Waals surface area contributed by atoms with Crippen LogP contribution in [0.5, 0.6) is 5.75 Å². The summed E-state index contributed by atoms with van der Waals surface area (Å²) >= 11 is 0. The minimum absolute atomic E-state index is 0.0185. The van der Waals surface area contributed by atoms with Crippen LogP contribution in [0.3, 0.4) is 0 Å². The molecule has 2 aromatic rings. The van der Waals surface area contributed by atoms with Crippen molar-refractivity contribution in [2.75, 3.05) is 26.0 Å². The second-order valence-electron chi connectivity index (χ2n) is 5.60. The van der Waals surface area contributed by atoms with Gasteiger partial charge in [0.25, 0.3) is 0 Å². The normalized spacial score (nSPS) is 11.8. The molecule has 0 aromatic heterocycles. The van der Waals surface area contributed by atoms with Crippen LogP contribution in [-0.4, -0.2) is 42.5 Å². The average Bonchev–Trinajstić information content (AvgIpc) is 2.55. The van der Waals surface area contributed by atoms with Gasteiger partial charge in [-0.15, -0.1) is 0 Å². The Kier molecular flexibility index (Phi) is 5.92. The standard InChI is InChI=1S/C18H21N3O3/c1-21(2)16(13-7-4-3-5-8-13)12-19-17(23)18(24)20-14-9-6-10-15(22)11-14/h3-11,16,22H,12H2,1-2H3,(H,19,23)(H,20,24)/t16-/m1/s1. The predicted octanol–water partition coefficient (Wildman–Crippen LogP) is 1.75. The lowest BCUT2D eigenvalue weighted by Crippen LogP contribution is -2.40. The molecule has 0 fully saturated rings. The highest BCUT2D eigenvalue weighted by Crippen LogP contribution is 2.17. The van der Waals surface area contributed by atoms with Gasteiger partial charge in [-0.2, -0.15) is 0 Å². The maximum atomic E-state index is 12.0. The fourth-order valence-electron chi connectivity index (χ4n) is 2.31. The minimum Gasteiger partial charge on any atom is -0.508 e. The number of anilines is 1. The monoisotopic (exact) mass is 327 g/mol. The quantitative estimate of drug-likeness (QED) is 0.731. The molecule has 0 spiro atoms. The van der Waals surface area contributed by atoms with Crippen molar-refractivity contribution in [3.05, 3.63) is 60.2 Å². The Morgan fingerprint density at radius 1 is 1.04 bits per heavy atom. The molecule has 0 bridgehead atoms. The smallest absolute Gasteiger partial charge is 0.313 e. The van der Waals surface area contributed by atoms with Crippen molar-refractivity contribution in [2.24, 2.45) is 0 Å². The first-order chi connectivity index (χ1) is 11.5. The summed E-state index contributed by atoms with van der Waals surface area (Å²) in [5, 5.41) is 14.5. The lowest BCUT2D eigenvalue weighted by molar-refractivity contribution is -0.136. The number of carbonyl (C=O) groups excluding carboxylic acids is 2. The first-order valence-electron chi connectivity index (χ1n) is 7.57. The Labute approximate surface area is 141 Å². The summed E-state index contributed by atoms with van der Waals surface area (Å²) in [7, 11) is 3.83. The summed E-state index contributed by atoms with van der Waals surface area (Å²) in [5.41, 5.74) is 1.42. The van der Waals surface area contributed by atoms with Gasteiger partial charge in [-0.1, -0.05) is 36.4 Å². The topological polar surface area (TPSA) is 81.7 Å². The summed E-state index contributed by atoms with van der Waals surface area (Å²) in [6.45, 7) is 0.309. The molecule has 0 heterocycles. The molecule has 0 aliphatic carbocycles. The van der Waals surface area contributed by atoms with Crippen molar-refractivity contribution in [1.82, 2.24) is 10.2 Å². The molecule has 126 valence electrons. The number of aromatic hydroxyl groups is 1. The molecule has 0 radical (unpaired) electrons. The highest BCUT2D eigenvalue weighted by atomic mass is 16.3. The molecule has 2 rings (SSSR count). The first kappa shape index (κ1) is 17.5. The molecule has 6 heteroatoms. The van der Waals surface area contributed by atoms with Crippen LogP contribution in [0.1, 0.15) is 11.6 Å². The molecule has 0 saturated heterocycles. The molecule has 0 unspecified atom stereocenters. The summed E-state index contributed by atoms with van der Waals surface area (Å²) in [4.78, 5) is 25.9. The van der Waals surface area contributed by atoms with Gasteiger partial charge in [-0.25, -0.2) is 0 Å². The van der Waals surface area contributed by atoms with Crippen LogP contribution < -0.4 is 10.6 Å². The van der Waals surface area contributed by atoms with E-state index in [1.807, 2.05) is 49.3 Å². The van der Waals surface area contributed by atoms with Crippen molar-refractivity contribution in [3.63, 3.8) is 0 Å². The van der Waals surface area contributed by atoms with E-state index < -0.39 is 11.8 Å². The van der Waals surface area contributed by atoms with Gasteiger partial charge in [0.15, 0.2) is 0 Å². The Morgan fingerprint density at radius 2 is 1.75 bits per heavy atom. The van der Waals surface area contributed by atoms with Crippen LogP contribution >= 0.6 is 0 Å². The summed E-state index contributed by atoms with van der Waals surface area (Å²) in [6, 6.07) is 15.7. The number of hydrogen-bond donors (Lipinski definition) is 3. The van der Waals surface area contributed by atoms with Crippen molar-refractivity contribution >= 4 is 17.5 Å². The van der Waals surface area contributed by atoms with Gasteiger partial charge in [0.05, 0.1) is 6.04 Å². The largest absolute Gasteiger partial charge is 0.508 e. The second kappa shape index (κ2) is 8.12. The van der Waals surface area contributed by atoms with Crippen LogP contribution in [0.4, 0.5) is 5.69 Å². The zero-order valence-corrected chi connectivity index (χ0v) is 13.7. The van der Waals surface area contributed by atoms with Crippen molar-refractivity contribution < 1.29 is 14.7 Å². The summed E-state index contributed by atoms with van der Waals surface area (Å²) in [6.07, 6.45) is 0. The van der Waals surface area contributed by atoms with E-state index in [2.05, 4.69) is 10.6 Å². The minimum atomic E-state index is -0.772. The van der Waals surface area contributed by atoms with E-state index in [0.717, 1.165) is 5.56 Å². The lowest BCUT2D eigenvalue weighted by Gasteiger charge is -2.25. The molecule has 0 saturated carbocycles. The fraction of sp³-hybridized carbons (Fsp3) is 0.222. The van der Waals surface area contributed by atoms with Crippen LogP contribution in [0.25, 0.3) is 0 Å². The third-order valence-corrected chi connectivity index (χ3v) is 3.57. The Balaban J connectivity index is 1.94. The van der Waals surface area contributed by atoms with E-state index >= 15 is 0 Å². The molecule has 2 aromatic carbocycles. The maximum Gasteiger partial charge on any atom is 0.313 e. The Morgan fingerprint density at radius 3 is 2.38 bits per heavy atom. The number of nitrogens with one attached hydrogen (secondary N) is 2. The third kappa shape index (κ3) is 4.82. The molecule has 1 atom stereocenters. The van der Waals surface area contributed by atoms with Crippen LogP contribution in [0, 0.1) is 0 Å². The molecule has 6 nitrogen and oxygen atoms in total. The number of phenolic OH excluding ortho intramolecular Hbond substituents is 1. The Bertz CT molecular complexity index is 702. The summed E-state index contributed by atoms with van der Waals surface area (Å²) in [5.74, 6) is -1.47. The van der Waals surface area contributed by atoms with Crippen LogP contribution in [-0.2, 0) is 9.59 Å². The number of rotatable bonds is 5. The highest BCUT2D eigenvalue weighted by Gasteiger charge is 2.18. The zero-order chi connectivity index (χ0) is 17.5.